The van der Waals surface area contributed by atoms with Crippen molar-refractivity contribution in [3.05, 3.63) is 174 Å². The van der Waals surface area contributed by atoms with Crippen molar-refractivity contribution in [2.45, 2.75) is 46.1 Å². The van der Waals surface area contributed by atoms with Crippen LogP contribution in [0, 0.1) is 5.92 Å². The molecule has 0 saturated heterocycles. The summed E-state index contributed by atoms with van der Waals surface area (Å²) >= 11 is 0. The summed E-state index contributed by atoms with van der Waals surface area (Å²) in [7, 11) is 0. The van der Waals surface area contributed by atoms with Crippen LogP contribution >= 0.6 is 0 Å². The first-order chi connectivity index (χ1) is 25.5. The van der Waals surface area contributed by atoms with E-state index in [0.29, 0.717) is 11.8 Å². The van der Waals surface area contributed by atoms with Crippen LogP contribution in [0.15, 0.2) is 152 Å². The molecule has 1 unspecified atom stereocenters. The Kier molecular flexibility index (Phi) is 7.96. The predicted octanol–water partition coefficient (Wildman–Crippen LogP) is 12.6. The molecule has 0 spiro atoms. The van der Waals surface area contributed by atoms with Gasteiger partial charge in [0.05, 0.1) is 17.4 Å². The van der Waals surface area contributed by atoms with E-state index in [0.717, 1.165) is 35.1 Å². The molecule has 5 aromatic carbocycles. The molecule has 0 amide bonds. The molecular formula is C48H42N4. The summed E-state index contributed by atoms with van der Waals surface area (Å²) in [4.78, 5) is 14.7. The summed E-state index contributed by atoms with van der Waals surface area (Å²) in [6.07, 6.45) is 9.71. The van der Waals surface area contributed by atoms with Crippen LogP contribution in [0.25, 0.3) is 32.7 Å². The summed E-state index contributed by atoms with van der Waals surface area (Å²) in [6, 6.07) is 45.6. The largest absolute Gasteiger partial charge is 0.315 e. The zero-order valence-electron chi connectivity index (χ0n) is 30.2. The van der Waals surface area contributed by atoms with Crippen molar-refractivity contribution in [2.75, 3.05) is 9.80 Å². The topological polar surface area (TPSA) is 32.3 Å². The van der Waals surface area contributed by atoms with E-state index in [-0.39, 0.29) is 6.04 Å². The Hall–Kier alpha value is -6.00. The van der Waals surface area contributed by atoms with E-state index >= 15 is 0 Å². The van der Waals surface area contributed by atoms with Crippen molar-refractivity contribution in [1.29, 1.82) is 0 Å². The van der Waals surface area contributed by atoms with Crippen LogP contribution < -0.4 is 9.80 Å². The third kappa shape index (κ3) is 5.21. The van der Waals surface area contributed by atoms with Crippen LogP contribution in [0.2, 0.25) is 0 Å². The highest BCUT2D eigenvalue weighted by atomic mass is 15.2. The molecule has 2 heterocycles. The van der Waals surface area contributed by atoms with Gasteiger partial charge in [-0.25, -0.2) is 9.97 Å². The number of pyridine rings is 2. The Morgan fingerprint density at radius 3 is 2.08 bits per heavy atom. The number of fused-ring (bicyclic) bond motifs is 1. The molecule has 7 aromatic rings. The molecule has 0 N–H and O–H groups in total. The second-order valence-corrected chi connectivity index (χ2v) is 14.5. The number of allylic oxidation sites excluding steroid dienone is 2. The van der Waals surface area contributed by atoms with Gasteiger partial charge in [-0.3, -0.25) is 4.90 Å². The molecule has 0 radical (unpaired) electrons. The zero-order chi connectivity index (χ0) is 35.3. The van der Waals surface area contributed by atoms with E-state index in [1.165, 1.54) is 54.9 Å². The van der Waals surface area contributed by atoms with Gasteiger partial charge in [0.15, 0.2) is 0 Å². The number of hydrogen-bond donors (Lipinski definition) is 0. The fourth-order valence-corrected chi connectivity index (χ4v) is 8.48. The van der Waals surface area contributed by atoms with Crippen LogP contribution in [0.4, 0.5) is 28.7 Å². The molecule has 0 saturated carbocycles. The molecule has 4 nitrogen and oxygen atoms in total. The first kappa shape index (κ1) is 31.9. The molecule has 0 bridgehead atoms. The smallest absolute Gasteiger partial charge is 0.137 e. The molecule has 2 aliphatic carbocycles. The van der Waals surface area contributed by atoms with Crippen molar-refractivity contribution in [3.63, 3.8) is 0 Å². The lowest BCUT2D eigenvalue weighted by Crippen LogP contribution is -2.35. The highest BCUT2D eigenvalue weighted by molar-refractivity contribution is 6.12. The van der Waals surface area contributed by atoms with Crippen LogP contribution in [0.3, 0.4) is 0 Å². The molecule has 0 fully saturated rings. The maximum absolute atomic E-state index is 5.01. The van der Waals surface area contributed by atoms with E-state index < -0.39 is 0 Å². The lowest BCUT2D eigenvalue weighted by molar-refractivity contribution is 0.829. The van der Waals surface area contributed by atoms with Crippen LogP contribution in [0.1, 0.15) is 55.9 Å². The van der Waals surface area contributed by atoms with Gasteiger partial charge in [0.25, 0.3) is 0 Å². The lowest BCUT2D eigenvalue weighted by atomic mass is 9.72. The normalized spacial score (nSPS) is 14.8. The molecular weight excluding hydrogens is 633 g/mol. The molecule has 9 rings (SSSR count). The summed E-state index contributed by atoms with van der Waals surface area (Å²) in [5.41, 5.74) is 11.6. The van der Waals surface area contributed by atoms with Gasteiger partial charge in [-0.05, 0) is 111 Å². The average Bonchev–Trinajstić information content (AvgIpc) is 3.19. The Balaban J connectivity index is 1.35. The molecule has 52 heavy (non-hydrogen) atoms. The molecule has 1 atom stereocenters. The van der Waals surface area contributed by atoms with E-state index in [2.05, 4.69) is 165 Å². The van der Waals surface area contributed by atoms with E-state index in [9.17, 15) is 0 Å². The minimum absolute atomic E-state index is 0.0588. The Morgan fingerprint density at radius 2 is 1.35 bits per heavy atom. The summed E-state index contributed by atoms with van der Waals surface area (Å²) < 4.78 is 0. The first-order valence-corrected chi connectivity index (χ1v) is 18.5. The molecule has 2 aliphatic rings. The number of para-hydroxylation sites is 1. The van der Waals surface area contributed by atoms with Gasteiger partial charge in [0, 0.05) is 28.9 Å². The maximum atomic E-state index is 5.01. The number of anilines is 5. The number of nitrogens with zero attached hydrogens (tertiary/aromatic N) is 4. The van der Waals surface area contributed by atoms with Crippen molar-refractivity contribution < 1.29 is 0 Å². The third-order valence-corrected chi connectivity index (χ3v) is 10.8. The Morgan fingerprint density at radius 1 is 0.635 bits per heavy atom. The Bertz CT molecular complexity index is 2450. The standard InChI is InChI=1S/C48H42N4/c1-31(2)40-29-43(51(34-17-6-5-7-18-34)45-21-10-12-27-49-45)38-25-23-37-41(32(3)4)30-44(39-26-24-36(40)47(38)48(37)39)52(46-22-11-13-28-50-46)42-20-14-16-33-15-8-9-19-35(33)42/h5-23,25-32,44H,24H2,1-4H3. The minimum atomic E-state index is -0.0588. The highest BCUT2D eigenvalue weighted by Crippen LogP contribution is 2.52. The third-order valence-electron chi connectivity index (χ3n) is 10.8. The van der Waals surface area contributed by atoms with Gasteiger partial charge in [-0.1, -0.05) is 119 Å². The number of rotatable bonds is 8. The summed E-state index contributed by atoms with van der Waals surface area (Å²) in [5, 5.41) is 5.05. The van der Waals surface area contributed by atoms with Gasteiger partial charge < -0.3 is 4.90 Å². The van der Waals surface area contributed by atoms with Crippen molar-refractivity contribution in [3.8, 4) is 0 Å². The minimum Gasteiger partial charge on any atom is -0.315 e. The van der Waals surface area contributed by atoms with Crippen LogP contribution in [-0.4, -0.2) is 16.0 Å². The van der Waals surface area contributed by atoms with Crippen LogP contribution in [-0.2, 0) is 6.42 Å². The fraction of sp³-hybridized carbons (Fsp3) is 0.167. The van der Waals surface area contributed by atoms with Gasteiger partial charge >= 0.3 is 0 Å². The second kappa shape index (κ2) is 13.0. The second-order valence-electron chi connectivity index (χ2n) is 14.5. The van der Waals surface area contributed by atoms with E-state index in [1.54, 1.807) is 0 Å². The average molecular weight is 675 g/mol. The van der Waals surface area contributed by atoms with Gasteiger partial charge in [-0.15, -0.1) is 0 Å². The van der Waals surface area contributed by atoms with Crippen molar-refractivity contribution in [2.24, 2.45) is 5.92 Å². The first-order valence-electron chi connectivity index (χ1n) is 18.5. The SMILES string of the molecule is CC(C)C1=CC(N(c2ccccn2)c2cccc3ccccc23)C2=CCc3c(C(C)C)cc(N(c4ccccc4)c4ccccn4)c4ccc1c2c34. The van der Waals surface area contributed by atoms with Gasteiger partial charge in [0.1, 0.15) is 11.6 Å². The quantitative estimate of drug-likeness (QED) is 0.161. The van der Waals surface area contributed by atoms with Crippen molar-refractivity contribution in [1.82, 2.24) is 9.97 Å². The van der Waals surface area contributed by atoms with Crippen LogP contribution in [0.5, 0.6) is 0 Å². The predicted molar refractivity (Wildman–Crippen MR) is 219 cm³/mol. The highest BCUT2D eigenvalue weighted by Gasteiger charge is 2.36. The van der Waals surface area contributed by atoms with Gasteiger partial charge in [0.2, 0.25) is 0 Å². The summed E-state index contributed by atoms with van der Waals surface area (Å²) in [5.74, 6) is 2.50. The number of benzene rings is 5. The lowest BCUT2D eigenvalue weighted by Gasteiger charge is -2.40. The van der Waals surface area contributed by atoms with E-state index in [1.807, 2.05) is 24.5 Å². The van der Waals surface area contributed by atoms with E-state index in [4.69, 9.17) is 9.97 Å². The monoisotopic (exact) mass is 674 g/mol. The number of hydrogen-bond acceptors (Lipinski definition) is 4. The number of aromatic nitrogens is 2. The summed E-state index contributed by atoms with van der Waals surface area (Å²) in [6.45, 7) is 9.31. The Labute approximate surface area is 306 Å². The molecule has 2 aromatic heterocycles. The molecule has 4 heteroatoms. The maximum Gasteiger partial charge on any atom is 0.137 e. The van der Waals surface area contributed by atoms with Crippen molar-refractivity contribution >= 4 is 61.4 Å². The molecule has 0 aliphatic heterocycles. The fourth-order valence-electron chi connectivity index (χ4n) is 8.48. The molecule has 254 valence electrons. The van der Waals surface area contributed by atoms with Gasteiger partial charge in [-0.2, -0.15) is 0 Å². The zero-order valence-corrected chi connectivity index (χ0v) is 30.2.